The van der Waals surface area contributed by atoms with Gasteiger partial charge in [-0.25, -0.2) is 4.98 Å². The number of nitrogens with zero attached hydrogens (tertiary/aromatic N) is 3. The molecule has 3 heterocycles. The predicted molar refractivity (Wildman–Crippen MR) is 111 cm³/mol. The number of carbonyl (C=O) groups is 2. The molecule has 8 nitrogen and oxygen atoms in total. The lowest BCUT2D eigenvalue weighted by molar-refractivity contribution is 0.0958. The van der Waals surface area contributed by atoms with Crippen LogP contribution in [0.5, 0.6) is 0 Å². The second-order valence-electron chi connectivity index (χ2n) is 6.82. The van der Waals surface area contributed by atoms with Crippen LogP contribution in [0.2, 0.25) is 0 Å². The third kappa shape index (κ3) is 3.71. The number of hydrogen-bond donors (Lipinski definition) is 3. The number of aromatic amines is 1. The fraction of sp³-hybridized carbons (Fsp3) is 0.316. The molecule has 146 valence electrons. The van der Waals surface area contributed by atoms with Crippen LogP contribution in [-0.4, -0.2) is 67.0 Å². The number of aromatic nitrogens is 2. The lowest BCUT2D eigenvalue weighted by atomic mass is 10.2. The molecule has 1 saturated heterocycles. The summed E-state index contributed by atoms with van der Waals surface area (Å²) in [5.74, 6) is -0.359. The molecule has 1 fully saturated rings. The average molecular weight is 398 g/mol. The van der Waals surface area contributed by atoms with Crippen molar-refractivity contribution < 1.29 is 9.59 Å². The maximum absolute atomic E-state index is 12.6. The quantitative estimate of drug-likeness (QED) is 0.625. The molecular weight excluding hydrogens is 376 g/mol. The number of nitrogens with one attached hydrogen (secondary N) is 3. The zero-order chi connectivity index (χ0) is 19.7. The first kappa shape index (κ1) is 18.5. The Morgan fingerprint density at radius 3 is 2.68 bits per heavy atom. The average Bonchev–Trinajstić information content (AvgIpc) is 3.35. The molecule has 0 radical (unpaired) electrons. The number of anilines is 2. The predicted octanol–water partition coefficient (Wildman–Crippen LogP) is 1.99. The van der Waals surface area contributed by atoms with Crippen molar-refractivity contribution in [2.75, 3.05) is 50.5 Å². The van der Waals surface area contributed by atoms with Gasteiger partial charge in [0.2, 0.25) is 0 Å². The lowest BCUT2D eigenvalue weighted by Gasteiger charge is -2.32. The monoisotopic (exact) mass is 398 g/mol. The molecule has 2 aromatic heterocycles. The van der Waals surface area contributed by atoms with Gasteiger partial charge >= 0.3 is 0 Å². The minimum Gasteiger partial charge on any atom is -0.354 e. The van der Waals surface area contributed by atoms with E-state index in [9.17, 15) is 9.59 Å². The van der Waals surface area contributed by atoms with E-state index in [0.29, 0.717) is 16.3 Å². The van der Waals surface area contributed by atoms with Crippen LogP contribution < -0.4 is 15.5 Å². The van der Waals surface area contributed by atoms with Crippen LogP contribution in [0.3, 0.4) is 0 Å². The van der Waals surface area contributed by atoms with Gasteiger partial charge in [-0.3, -0.25) is 9.59 Å². The first-order valence-corrected chi connectivity index (χ1v) is 9.90. The molecule has 1 aromatic carbocycles. The van der Waals surface area contributed by atoms with Crippen molar-refractivity contribution in [3.05, 3.63) is 41.0 Å². The van der Waals surface area contributed by atoms with Crippen LogP contribution in [0, 0.1) is 0 Å². The van der Waals surface area contributed by atoms with E-state index in [1.165, 1.54) is 11.3 Å². The SMILES string of the molecule is CNC(=O)c1cc2cc(NC(=O)c3cnc(N4CCN(C)CC4)s3)ccc2[nH]1. The van der Waals surface area contributed by atoms with E-state index in [4.69, 9.17) is 0 Å². The summed E-state index contributed by atoms with van der Waals surface area (Å²) in [6.45, 7) is 3.83. The second-order valence-corrected chi connectivity index (χ2v) is 7.82. The molecule has 0 spiro atoms. The maximum Gasteiger partial charge on any atom is 0.267 e. The van der Waals surface area contributed by atoms with Gasteiger partial charge in [-0.2, -0.15) is 0 Å². The van der Waals surface area contributed by atoms with Gasteiger partial charge in [-0.15, -0.1) is 0 Å². The van der Waals surface area contributed by atoms with Gasteiger partial charge in [0.05, 0.1) is 6.20 Å². The summed E-state index contributed by atoms with van der Waals surface area (Å²) >= 11 is 1.41. The third-order valence-corrected chi connectivity index (χ3v) is 5.90. The summed E-state index contributed by atoms with van der Waals surface area (Å²) < 4.78 is 0. The molecule has 28 heavy (non-hydrogen) atoms. The first-order valence-electron chi connectivity index (χ1n) is 9.09. The molecule has 3 N–H and O–H groups in total. The van der Waals surface area contributed by atoms with Crippen LogP contribution in [0.1, 0.15) is 20.2 Å². The summed E-state index contributed by atoms with van der Waals surface area (Å²) in [5, 5.41) is 7.25. The van der Waals surface area contributed by atoms with Gasteiger partial charge in [-0.1, -0.05) is 11.3 Å². The van der Waals surface area contributed by atoms with Gasteiger partial charge in [-0.05, 0) is 31.3 Å². The molecule has 2 amide bonds. The van der Waals surface area contributed by atoms with Crippen molar-refractivity contribution in [3.63, 3.8) is 0 Å². The minimum absolute atomic E-state index is 0.178. The highest BCUT2D eigenvalue weighted by atomic mass is 32.1. The Kier molecular flexibility index (Phi) is 5.01. The Morgan fingerprint density at radius 2 is 1.93 bits per heavy atom. The van der Waals surface area contributed by atoms with E-state index < -0.39 is 0 Å². The number of hydrogen-bond acceptors (Lipinski definition) is 6. The Morgan fingerprint density at radius 1 is 1.14 bits per heavy atom. The molecule has 9 heteroatoms. The third-order valence-electron chi connectivity index (χ3n) is 4.84. The van der Waals surface area contributed by atoms with Crippen molar-refractivity contribution in [1.29, 1.82) is 0 Å². The smallest absolute Gasteiger partial charge is 0.267 e. The molecule has 1 aliphatic heterocycles. The van der Waals surface area contributed by atoms with Gasteiger partial charge in [0.25, 0.3) is 11.8 Å². The molecule has 0 unspecified atom stereocenters. The molecular formula is C19H22N6O2S. The zero-order valence-corrected chi connectivity index (χ0v) is 16.6. The van der Waals surface area contributed by atoms with Gasteiger partial charge in [0, 0.05) is 49.8 Å². The van der Waals surface area contributed by atoms with Crippen molar-refractivity contribution in [1.82, 2.24) is 20.2 Å². The number of fused-ring (bicyclic) bond motifs is 1. The zero-order valence-electron chi connectivity index (χ0n) is 15.8. The standard InChI is InChI=1S/C19H22N6O2S/c1-20-17(26)15-10-12-9-13(3-4-14(12)23-15)22-18(27)16-11-21-19(28-16)25-7-5-24(2)6-8-25/h3-4,9-11,23H,5-8H2,1-2H3,(H,20,26)(H,22,27). The minimum atomic E-state index is -0.181. The molecule has 3 aromatic rings. The van der Waals surface area contributed by atoms with Gasteiger partial charge < -0.3 is 25.4 Å². The van der Waals surface area contributed by atoms with Gasteiger partial charge in [0.1, 0.15) is 10.6 Å². The van der Waals surface area contributed by atoms with Crippen molar-refractivity contribution in [2.24, 2.45) is 0 Å². The number of thiazole rings is 1. The Balaban J connectivity index is 1.47. The highest BCUT2D eigenvalue weighted by Crippen LogP contribution is 2.25. The maximum atomic E-state index is 12.6. The van der Waals surface area contributed by atoms with E-state index in [2.05, 4.69) is 37.4 Å². The first-order chi connectivity index (χ1) is 13.5. The van der Waals surface area contributed by atoms with Crippen LogP contribution in [0.25, 0.3) is 10.9 Å². The van der Waals surface area contributed by atoms with E-state index in [-0.39, 0.29) is 11.8 Å². The number of amides is 2. The van der Waals surface area contributed by atoms with Crippen LogP contribution in [0.4, 0.5) is 10.8 Å². The summed E-state index contributed by atoms with van der Waals surface area (Å²) in [6.07, 6.45) is 1.63. The van der Waals surface area contributed by atoms with E-state index in [1.807, 2.05) is 18.2 Å². The fourth-order valence-electron chi connectivity index (χ4n) is 3.17. The molecule has 0 saturated carbocycles. The number of rotatable bonds is 4. The summed E-state index contributed by atoms with van der Waals surface area (Å²) in [5.41, 5.74) is 2.00. The Labute approximate surface area is 166 Å². The summed E-state index contributed by atoms with van der Waals surface area (Å²) in [7, 11) is 3.70. The fourth-order valence-corrected chi connectivity index (χ4v) is 4.04. The van der Waals surface area contributed by atoms with Crippen molar-refractivity contribution in [3.8, 4) is 0 Å². The Bertz CT molecular complexity index is 1020. The van der Waals surface area contributed by atoms with Crippen LogP contribution in [0.15, 0.2) is 30.5 Å². The van der Waals surface area contributed by atoms with Gasteiger partial charge in [0.15, 0.2) is 5.13 Å². The van der Waals surface area contributed by atoms with Crippen molar-refractivity contribution >= 4 is 44.9 Å². The highest BCUT2D eigenvalue weighted by Gasteiger charge is 2.19. The number of carbonyl (C=O) groups excluding carboxylic acids is 2. The van der Waals surface area contributed by atoms with E-state index in [0.717, 1.165) is 42.2 Å². The normalized spacial score (nSPS) is 15.0. The number of piperazine rings is 1. The largest absolute Gasteiger partial charge is 0.354 e. The van der Waals surface area contributed by atoms with E-state index >= 15 is 0 Å². The number of likely N-dealkylation sites (N-methyl/N-ethyl adjacent to an activating group) is 1. The molecule has 4 rings (SSSR count). The molecule has 0 bridgehead atoms. The lowest BCUT2D eigenvalue weighted by Crippen LogP contribution is -2.44. The van der Waals surface area contributed by atoms with Crippen LogP contribution >= 0.6 is 11.3 Å². The van der Waals surface area contributed by atoms with Crippen LogP contribution in [-0.2, 0) is 0 Å². The molecule has 0 aliphatic carbocycles. The van der Waals surface area contributed by atoms with E-state index in [1.54, 1.807) is 19.3 Å². The molecule has 1 aliphatic rings. The summed E-state index contributed by atoms with van der Waals surface area (Å²) in [6, 6.07) is 7.27. The molecule has 0 atom stereocenters. The second kappa shape index (κ2) is 7.61. The summed E-state index contributed by atoms with van der Waals surface area (Å²) in [4.78, 5) is 36.9. The Hall–Kier alpha value is -2.91. The highest BCUT2D eigenvalue weighted by molar-refractivity contribution is 7.17. The number of benzene rings is 1. The van der Waals surface area contributed by atoms with Crippen molar-refractivity contribution in [2.45, 2.75) is 0 Å². The topological polar surface area (TPSA) is 93.4 Å². The number of H-pyrrole nitrogens is 1.